The Morgan fingerprint density at radius 2 is 2.14 bits per heavy atom. The largest absolute Gasteiger partial charge is 0.494 e. The minimum absolute atomic E-state index is 0.562. The van der Waals surface area contributed by atoms with Crippen molar-refractivity contribution < 1.29 is 9.47 Å². The molecule has 0 aliphatic heterocycles. The van der Waals surface area contributed by atoms with Gasteiger partial charge in [-0.3, -0.25) is 0 Å². The number of ether oxygens (including phenoxy) is 2. The van der Waals surface area contributed by atoms with Crippen LogP contribution < -0.4 is 5.32 Å². The van der Waals surface area contributed by atoms with Crippen LogP contribution in [0, 0.1) is 0 Å². The second-order valence-electron chi connectivity index (χ2n) is 6.46. The summed E-state index contributed by atoms with van der Waals surface area (Å²) >= 11 is 0. The van der Waals surface area contributed by atoms with Gasteiger partial charge in [0.15, 0.2) is 0 Å². The molecule has 0 bridgehead atoms. The standard InChI is InChI=1S/C24H27N3O2/c1-3-5-17-29-21-12-8-10-20(13-14-21)26-24-25-16-15-23(27-24)19-9-6-7-11-22(18-19)28-4-2/h3,6,8-12,14-16,18H,1,4-5,7,13,17H2,2H3,(H,25,26,27). The van der Waals surface area contributed by atoms with E-state index in [0.29, 0.717) is 25.6 Å². The van der Waals surface area contributed by atoms with Crippen LogP contribution in [0.25, 0.3) is 5.57 Å². The topological polar surface area (TPSA) is 56.3 Å². The molecule has 0 amide bonds. The van der Waals surface area contributed by atoms with Gasteiger partial charge in [-0.2, -0.15) is 0 Å². The van der Waals surface area contributed by atoms with Crippen molar-refractivity contribution in [1.29, 1.82) is 0 Å². The molecule has 1 aromatic heterocycles. The Bertz CT molecular complexity index is 904. The minimum Gasteiger partial charge on any atom is -0.494 e. The first-order valence-electron chi connectivity index (χ1n) is 9.91. The number of anilines is 1. The lowest BCUT2D eigenvalue weighted by atomic mass is 10.1. The summed E-state index contributed by atoms with van der Waals surface area (Å²) in [7, 11) is 0. The van der Waals surface area contributed by atoms with Crippen LogP contribution in [0.2, 0.25) is 0 Å². The first-order valence-corrected chi connectivity index (χ1v) is 9.91. The van der Waals surface area contributed by atoms with Gasteiger partial charge in [0.1, 0.15) is 11.5 Å². The highest BCUT2D eigenvalue weighted by molar-refractivity contribution is 5.74. The molecule has 2 aliphatic carbocycles. The molecule has 3 rings (SSSR count). The number of nitrogens with one attached hydrogen (secondary N) is 1. The zero-order valence-corrected chi connectivity index (χ0v) is 16.8. The van der Waals surface area contributed by atoms with Crippen LogP contribution in [0.4, 0.5) is 5.95 Å². The minimum atomic E-state index is 0.562. The number of aromatic nitrogens is 2. The molecule has 0 radical (unpaired) electrons. The fourth-order valence-corrected chi connectivity index (χ4v) is 2.85. The summed E-state index contributed by atoms with van der Waals surface area (Å²) in [5.74, 6) is 2.29. The maximum absolute atomic E-state index is 5.72. The zero-order valence-electron chi connectivity index (χ0n) is 16.8. The van der Waals surface area contributed by atoms with E-state index in [1.54, 1.807) is 6.20 Å². The van der Waals surface area contributed by atoms with E-state index in [-0.39, 0.29) is 0 Å². The van der Waals surface area contributed by atoms with Crippen molar-refractivity contribution in [3.05, 3.63) is 96.4 Å². The number of allylic oxidation sites excluding steroid dienone is 9. The van der Waals surface area contributed by atoms with E-state index in [4.69, 9.17) is 9.47 Å². The number of hydrogen-bond donors (Lipinski definition) is 1. The monoisotopic (exact) mass is 389 g/mol. The summed E-state index contributed by atoms with van der Waals surface area (Å²) < 4.78 is 11.4. The SMILES string of the molecule is C=CCCOC1=CCC(Nc2nccc(C3=CC(OCC)=CCC=C3)n2)=CC=C1. The Balaban J connectivity index is 1.69. The van der Waals surface area contributed by atoms with E-state index >= 15 is 0 Å². The highest BCUT2D eigenvalue weighted by atomic mass is 16.5. The summed E-state index contributed by atoms with van der Waals surface area (Å²) in [5, 5.41) is 3.31. The molecule has 0 unspecified atom stereocenters. The van der Waals surface area contributed by atoms with E-state index in [1.807, 2.05) is 49.4 Å². The van der Waals surface area contributed by atoms with Crippen molar-refractivity contribution in [2.75, 3.05) is 18.5 Å². The maximum atomic E-state index is 5.72. The molecule has 2 aliphatic rings. The quantitative estimate of drug-likeness (QED) is 0.448. The third-order valence-electron chi connectivity index (χ3n) is 4.26. The van der Waals surface area contributed by atoms with Gasteiger partial charge in [-0.15, -0.1) is 6.58 Å². The number of hydrogen-bond acceptors (Lipinski definition) is 5. The van der Waals surface area contributed by atoms with Crippen molar-refractivity contribution >= 4 is 11.5 Å². The highest BCUT2D eigenvalue weighted by Gasteiger charge is 2.08. The molecule has 0 atom stereocenters. The van der Waals surface area contributed by atoms with Gasteiger partial charge in [0.25, 0.3) is 0 Å². The summed E-state index contributed by atoms with van der Waals surface area (Å²) in [6.07, 6.45) is 22.2. The van der Waals surface area contributed by atoms with Crippen LogP contribution in [0.3, 0.4) is 0 Å². The predicted octanol–water partition coefficient (Wildman–Crippen LogP) is 5.47. The molecule has 0 aromatic carbocycles. The Morgan fingerprint density at radius 3 is 3.00 bits per heavy atom. The second-order valence-corrected chi connectivity index (χ2v) is 6.46. The predicted molar refractivity (Wildman–Crippen MR) is 118 cm³/mol. The van der Waals surface area contributed by atoms with Gasteiger partial charge in [-0.25, -0.2) is 9.97 Å². The fourth-order valence-electron chi connectivity index (χ4n) is 2.85. The molecule has 29 heavy (non-hydrogen) atoms. The van der Waals surface area contributed by atoms with Crippen molar-refractivity contribution in [1.82, 2.24) is 9.97 Å². The smallest absolute Gasteiger partial charge is 0.227 e. The van der Waals surface area contributed by atoms with E-state index < -0.39 is 0 Å². The average molecular weight is 389 g/mol. The summed E-state index contributed by atoms with van der Waals surface area (Å²) in [4.78, 5) is 9.05. The molecular weight excluding hydrogens is 362 g/mol. The fraction of sp³-hybridized carbons (Fsp3) is 0.250. The van der Waals surface area contributed by atoms with Crippen molar-refractivity contribution in [3.8, 4) is 0 Å². The zero-order chi connectivity index (χ0) is 20.3. The van der Waals surface area contributed by atoms with Gasteiger partial charge in [0.05, 0.1) is 18.9 Å². The molecule has 1 aromatic rings. The Labute approximate surface area is 172 Å². The van der Waals surface area contributed by atoms with E-state index in [1.165, 1.54) is 0 Å². The van der Waals surface area contributed by atoms with Crippen LogP contribution in [-0.2, 0) is 9.47 Å². The highest BCUT2D eigenvalue weighted by Crippen LogP contribution is 2.22. The van der Waals surface area contributed by atoms with E-state index in [9.17, 15) is 0 Å². The van der Waals surface area contributed by atoms with Crippen molar-refractivity contribution in [2.45, 2.75) is 26.2 Å². The van der Waals surface area contributed by atoms with E-state index in [0.717, 1.165) is 41.3 Å². The van der Waals surface area contributed by atoms with Gasteiger partial charge in [0, 0.05) is 23.9 Å². The van der Waals surface area contributed by atoms with Crippen LogP contribution in [0.15, 0.2) is 90.7 Å². The molecule has 1 heterocycles. The van der Waals surface area contributed by atoms with Gasteiger partial charge < -0.3 is 14.8 Å². The molecule has 0 spiro atoms. The summed E-state index contributed by atoms with van der Waals surface area (Å²) in [5.41, 5.74) is 2.85. The molecular formula is C24H27N3O2. The van der Waals surface area contributed by atoms with Crippen LogP contribution in [0.5, 0.6) is 0 Å². The normalized spacial score (nSPS) is 15.9. The molecule has 5 heteroatoms. The lowest BCUT2D eigenvalue weighted by Gasteiger charge is -2.10. The molecule has 0 saturated heterocycles. The van der Waals surface area contributed by atoms with Crippen LogP contribution >= 0.6 is 0 Å². The molecule has 5 nitrogen and oxygen atoms in total. The van der Waals surface area contributed by atoms with Crippen molar-refractivity contribution in [2.24, 2.45) is 0 Å². The molecule has 0 fully saturated rings. The van der Waals surface area contributed by atoms with Gasteiger partial charge in [-0.05, 0) is 56.2 Å². The third-order valence-corrected chi connectivity index (χ3v) is 4.26. The lowest BCUT2D eigenvalue weighted by Crippen LogP contribution is -2.04. The lowest BCUT2D eigenvalue weighted by molar-refractivity contribution is 0.229. The van der Waals surface area contributed by atoms with Crippen LogP contribution in [0.1, 0.15) is 31.9 Å². The second kappa shape index (κ2) is 10.9. The van der Waals surface area contributed by atoms with Gasteiger partial charge in [-0.1, -0.05) is 24.3 Å². The summed E-state index contributed by atoms with van der Waals surface area (Å²) in [6.45, 7) is 6.97. The third kappa shape index (κ3) is 6.35. The number of rotatable bonds is 9. The Hall–Kier alpha value is -3.34. The van der Waals surface area contributed by atoms with Gasteiger partial charge >= 0.3 is 0 Å². The molecule has 1 N–H and O–H groups in total. The maximum Gasteiger partial charge on any atom is 0.227 e. The summed E-state index contributed by atoms with van der Waals surface area (Å²) in [6, 6.07) is 1.91. The average Bonchev–Trinajstić information content (AvgIpc) is 3.10. The Morgan fingerprint density at radius 1 is 1.21 bits per heavy atom. The van der Waals surface area contributed by atoms with Gasteiger partial charge in [0.2, 0.25) is 5.95 Å². The molecule has 0 saturated carbocycles. The Kier molecular flexibility index (Phi) is 7.63. The van der Waals surface area contributed by atoms with Crippen molar-refractivity contribution in [3.63, 3.8) is 0 Å². The number of nitrogens with zero attached hydrogens (tertiary/aromatic N) is 2. The molecule has 150 valence electrons. The first-order chi connectivity index (χ1) is 14.3. The van der Waals surface area contributed by atoms with Crippen LogP contribution in [-0.4, -0.2) is 23.2 Å². The van der Waals surface area contributed by atoms with E-state index in [2.05, 4.69) is 40.1 Å². The first kappa shape index (κ1) is 20.4.